The van der Waals surface area contributed by atoms with E-state index in [9.17, 15) is 4.79 Å². The summed E-state index contributed by atoms with van der Waals surface area (Å²) in [6.45, 7) is 3.02. The number of benzene rings is 1. The van der Waals surface area contributed by atoms with Crippen LogP contribution in [-0.4, -0.2) is 43.9 Å². The number of carbonyl (C=O) groups excluding carboxylic acids is 1. The molecule has 2 rings (SSSR count). The van der Waals surface area contributed by atoms with Gasteiger partial charge in [0.15, 0.2) is 0 Å². The maximum Gasteiger partial charge on any atom is 0.315 e. The zero-order valence-corrected chi connectivity index (χ0v) is 13.9. The highest BCUT2D eigenvalue weighted by atomic mass is 32.2. The molecule has 2 N–H and O–H groups in total. The fraction of sp³-hybridized carbons (Fsp3) is 0.562. The summed E-state index contributed by atoms with van der Waals surface area (Å²) >= 11 is 1.87. The number of hydrogen-bond donors (Lipinski definition) is 2. The Bertz CT molecular complexity index is 461. The highest BCUT2D eigenvalue weighted by Gasteiger charge is 2.20. The van der Waals surface area contributed by atoms with E-state index in [4.69, 9.17) is 9.47 Å². The van der Waals surface area contributed by atoms with Crippen LogP contribution in [0.2, 0.25) is 0 Å². The molecule has 5 nitrogen and oxygen atoms in total. The van der Waals surface area contributed by atoms with Gasteiger partial charge in [0.1, 0.15) is 5.75 Å². The van der Waals surface area contributed by atoms with Gasteiger partial charge in [0.05, 0.1) is 19.3 Å². The fourth-order valence-electron chi connectivity index (χ4n) is 2.38. The third-order valence-electron chi connectivity index (χ3n) is 3.50. The van der Waals surface area contributed by atoms with Crippen LogP contribution in [0.5, 0.6) is 5.75 Å². The molecule has 2 atom stereocenters. The van der Waals surface area contributed by atoms with E-state index in [-0.39, 0.29) is 18.1 Å². The molecule has 0 radical (unpaired) electrons. The number of rotatable bonds is 7. The van der Waals surface area contributed by atoms with E-state index in [1.54, 1.807) is 7.11 Å². The number of amides is 2. The minimum Gasteiger partial charge on any atom is -0.494 e. The lowest BCUT2D eigenvalue weighted by molar-refractivity contribution is 0.165. The smallest absolute Gasteiger partial charge is 0.315 e. The molecule has 0 spiro atoms. The van der Waals surface area contributed by atoms with Gasteiger partial charge in [0, 0.05) is 18.9 Å². The molecule has 2 amide bonds. The molecule has 1 aromatic carbocycles. The Balaban J connectivity index is 1.94. The summed E-state index contributed by atoms with van der Waals surface area (Å²) in [6, 6.07) is 7.70. The standard InChI is InChI=1S/C16H24N2O3S/c1-3-21-14-6-4-12(5-7-14)15(10-20-2)18-16(19)17-13-8-9-22-11-13/h4-7,13,15H,3,8-11H2,1-2H3,(H2,17,18,19)/t13-,15+/m1/s1. The lowest BCUT2D eigenvalue weighted by Crippen LogP contribution is -2.44. The third-order valence-corrected chi connectivity index (χ3v) is 4.66. The molecule has 1 fully saturated rings. The second-order valence-corrected chi connectivity index (χ2v) is 6.34. The van der Waals surface area contributed by atoms with Crippen molar-refractivity contribution >= 4 is 17.8 Å². The molecule has 0 bridgehead atoms. The van der Waals surface area contributed by atoms with Gasteiger partial charge in [-0.15, -0.1) is 0 Å². The minimum atomic E-state index is -0.172. The van der Waals surface area contributed by atoms with E-state index in [2.05, 4.69) is 10.6 Å². The second-order valence-electron chi connectivity index (χ2n) is 5.19. The van der Waals surface area contributed by atoms with E-state index in [0.717, 1.165) is 29.2 Å². The van der Waals surface area contributed by atoms with Gasteiger partial charge < -0.3 is 20.1 Å². The number of carbonyl (C=O) groups is 1. The van der Waals surface area contributed by atoms with Gasteiger partial charge in [-0.1, -0.05) is 12.1 Å². The highest BCUT2D eigenvalue weighted by molar-refractivity contribution is 7.99. The zero-order valence-electron chi connectivity index (χ0n) is 13.1. The molecule has 1 aliphatic rings. The van der Waals surface area contributed by atoms with Crippen molar-refractivity contribution in [3.63, 3.8) is 0 Å². The molecule has 22 heavy (non-hydrogen) atoms. The van der Waals surface area contributed by atoms with Crippen molar-refractivity contribution in [2.75, 3.05) is 31.8 Å². The molecule has 0 aliphatic carbocycles. The molecule has 1 heterocycles. The third kappa shape index (κ3) is 5.10. The van der Waals surface area contributed by atoms with Gasteiger partial charge in [0.2, 0.25) is 0 Å². The average molecular weight is 324 g/mol. The Morgan fingerprint density at radius 2 is 2.18 bits per heavy atom. The van der Waals surface area contributed by atoms with Gasteiger partial charge in [-0.3, -0.25) is 0 Å². The van der Waals surface area contributed by atoms with Crippen LogP contribution in [0, 0.1) is 0 Å². The highest BCUT2D eigenvalue weighted by Crippen LogP contribution is 2.19. The van der Waals surface area contributed by atoms with Crippen LogP contribution in [-0.2, 0) is 4.74 Å². The molecule has 1 aromatic rings. The number of ether oxygens (including phenoxy) is 2. The number of urea groups is 1. The molecule has 6 heteroatoms. The first kappa shape index (κ1) is 17.0. The summed E-state index contributed by atoms with van der Waals surface area (Å²) in [5.41, 5.74) is 1.00. The Labute approximate surface area is 136 Å². The summed E-state index contributed by atoms with van der Waals surface area (Å²) in [5, 5.41) is 6.01. The molecule has 122 valence electrons. The van der Waals surface area contributed by atoms with Gasteiger partial charge >= 0.3 is 6.03 Å². The van der Waals surface area contributed by atoms with Crippen LogP contribution in [0.1, 0.15) is 24.9 Å². The molecule has 0 aromatic heterocycles. The maximum absolute atomic E-state index is 12.1. The first-order chi connectivity index (χ1) is 10.7. The topological polar surface area (TPSA) is 59.6 Å². The average Bonchev–Trinajstić information content (AvgIpc) is 3.01. The molecular formula is C16H24N2O3S. The Hall–Kier alpha value is -1.40. The quantitative estimate of drug-likeness (QED) is 0.809. The van der Waals surface area contributed by atoms with Crippen LogP contribution in [0.25, 0.3) is 0 Å². The Kier molecular flexibility index (Phi) is 6.86. The van der Waals surface area contributed by atoms with Crippen molar-refractivity contribution in [3.8, 4) is 5.75 Å². The lowest BCUT2D eigenvalue weighted by atomic mass is 10.1. The van der Waals surface area contributed by atoms with Gasteiger partial charge in [-0.2, -0.15) is 11.8 Å². The van der Waals surface area contributed by atoms with Gasteiger partial charge in [0.25, 0.3) is 0 Å². The number of methoxy groups -OCH3 is 1. The van der Waals surface area contributed by atoms with E-state index in [1.165, 1.54) is 0 Å². The summed E-state index contributed by atoms with van der Waals surface area (Å²) in [7, 11) is 1.63. The summed E-state index contributed by atoms with van der Waals surface area (Å²) in [4.78, 5) is 12.1. The van der Waals surface area contributed by atoms with Crippen LogP contribution in [0.3, 0.4) is 0 Å². The summed E-state index contributed by atoms with van der Waals surface area (Å²) < 4.78 is 10.7. The Morgan fingerprint density at radius 3 is 2.77 bits per heavy atom. The second kappa shape index (κ2) is 8.90. The first-order valence-corrected chi connectivity index (χ1v) is 8.75. The predicted molar refractivity (Wildman–Crippen MR) is 89.6 cm³/mol. The minimum absolute atomic E-state index is 0.136. The number of thioether (sulfide) groups is 1. The lowest BCUT2D eigenvalue weighted by Gasteiger charge is -2.20. The van der Waals surface area contributed by atoms with Gasteiger partial charge in [-0.05, 0) is 36.8 Å². The number of hydrogen-bond acceptors (Lipinski definition) is 4. The predicted octanol–water partition coefficient (Wildman–Crippen LogP) is 2.58. The fourth-order valence-corrected chi connectivity index (χ4v) is 3.54. The van der Waals surface area contributed by atoms with Crippen LogP contribution < -0.4 is 15.4 Å². The maximum atomic E-state index is 12.1. The largest absolute Gasteiger partial charge is 0.494 e. The molecule has 1 saturated heterocycles. The van der Waals surface area contributed by atoms with Crippen molar-refractivity contribution in [1.29, 1.82) is 0 Å². The van der Waals surface area contributed by atoms with E-state index in [1.807, 2.05) is 43.0 Å². The molecular weight excluding hydrogens is 300 g/mol. The van der Waals surface area contributed by atoms with E-state index < -0.39 is 0 Å². The monoisotopic (exact) mass is 324 g/mol. The Morgan fingerprint density at radius 1 is 1.41 bits per heavy atom. The van der Waals surface area contributed by atoms with Crippen LogP contribution in [0.4, 0.5) is 4.79 Å². The molecule has 1 aliphatic heterocycles. The van der Waals surface area contributed by atoms with Crippen molar-refractivity contribution in [2.24, 2.45) is 0 Å². The zero-order chi connectivity index (χ0) is 15.8. The normalized spacial score (nSPS) is 18.7. The van der Waals surface area contributed by atoms with Crippen LogP contribution in [0.15, 0.2) is 24.3 Å². The van der Waals surface area contributed by atoms with Crippen molar-refractivity contribution < 1.29 is 14.3 Å². The van der Waals surface area contributed by atoms with Crippen molar-refractivity contribution in [3.05, 3.63) is 29.8 Å². The molecule has 0 saturated carbocycles. The molecule has 0 unspecified atom stereocenters. The number of nitrogens with one attached hydrogen (secondary N) is 2. The summed E-state index contributed by atoms with van der Waals surface area (Å²) in [5.74, 6) is 2.94. The van der Waals surface area contributed by atoms with E-state index in [0.29, 0.717) is 13.2 Å². The van der Waals surface area contributed by atoms with Crippen molar-refractivity contribution in [1.82, 2.24) is 10.6 Å². The van der Waals surface area contributed by atoms with Crippen molar-refractivity contribution in [2.45, 2.75) is 25.4 Å². The first-order valence-electron chi connectivity index (χ1n) is 7.59. The van der Waals surface area contributed by atoms with Gasteiger partial charge in [-0.25, -0.2) is 4.79 Å². The SMILES string of the molecule is CCOc1ccc([C@H](COC)NC(=O)N[C@@H]2CCSC2)cc1. The van der Waals surface area contributed by atoms with Crippen LogP contribution >= 0.6 is 11.8 Å². The summed E-state index contributed by atoms with van der Waals surface area (Å²) in [6.07, 6.45) is 1.04. The van der Waals surface area contributed by atoms with E-state index >= 15 is 0 Å².